The Morgan fingerprint density at radius 1 is 1.09 bits per heavy atom. The molecule has 5 heterocycles. The molecular formula is C37H44F3N11O4. The van der Waals surface area contributed by atoms with Crippen molar-refractivity contribution in [3.05, 3.63) is 71.1 Å². The Morgan fingerprint density at radius 2 is 1.84 bits per heavy atom. The first-order chi connectivity index (χ1) is 26.4. The number of aromatic nitrogens is 6. The van der Waals surface area contributed by atoms with Crippen LogP contribution in [0, 0.1) is 5.92 Å². The monoisotopic (exact) mass is 763 g/mol. The number of nitrogens with two attached hydrogens (primary N) is 1. The Bertz CT molecular complexity index is 2160. The number of imidazole rings is 1. The smallest absolute Gasteiger partial charge is 0.329 e. The zero-order chi connectivity index (χ0) is 39.0. The molecule has 55 heavy (non-hydrogen) atoms. The van der Waals surface area contributed by atoms with Gasteiger partial charge in [0.2, 0.25) is 11.8 Å². The second kappa shape index (κ2) is 15.7. The maximum Gasteiger partial charge on any atom is 0.329 e. The predicted molar refractivity (Wildman–Crippen MR) is 198 cm³/mol. The van der Waals surface area contributed by atoms with Crippen molar-refractivity contribution < 1.29 is 27.6 Å². The first kappa shape index (κ1) is 37.8. The summed E-state index contributed by atoms with van der Waals surface area (Å²) < 4.78 is 48.5. The van der Waals surface area contributed by atoms with E-state index in [1.807, 2.05) is 18.0 Å². The number of imide groups is 1. The minimum absolute atomic E-state index is 0.0615. The molecule has 4 aromatic rings. The summed E-state index contributed by atoms with van der Waals surface area (Å²) >= 11 is 0. The molecule has 15 nitrogen and oxygen atoms in total. The second-order valence-electron chi connectivity index (χ2n) is 14.6. The van der Waals surface area contributed by atoms with Crippen molar-refractivity contribution in [2.75, 3.05) is 36.9 Å². The highest BCUT2D eigenvalue weighted by Gasteiger charge is 2.36. The topological polar surface area (TPSA) is 178 Å². The first-order valence-corrected chi connectivity index (χ1v) is 18.5. The number of hydrogen-bond acceptors (Lipinski definition) is 10. The Balaban J connectivity index is 0.961. The van der Waals surface area contributed by atoms with Crippen LogP contribution in [0.1, 0.15) is 75.0 Å². The number of alkyl halides is 3. The van der Waals surface area contributed by atoms with Crippen molar-refractivity contribution in [1.29, 1.82) is 0 Å². The van der Waals surface area contributed by atoms with E-state index < -0.39 is 36.1 Å². The van der Waals surface area contributed by atoms with Gasteiger partial charge in [-0.05, 0) is 69.7 Å². The Morgan fingerprint density at radius 3 is 2.51 bits per heavy atom. The lowest BCUT2D eigenvalue weighted by molar-refractivity contribution is -0.135. The van der Waals surface area contributed by atoms with Crippen molar-refractivity contribution in [3.8, 4) is 0 Å². The molecule has 0 spiro atoms. The fourth-order valence-corrected chi connectivity index (χ4v) is 8.37. The minimum atomic E-state index is -2.92. The van der Waals surface area contributed by atoms with Crippen LogP contribution in [0.25, 0.3) is 16.6 Å². The van der Waals surface area contributed by atoms with E-state index in [0.717, 1.165) is 19.0 Å². The van der Waals surface area contributed by atoms with Gasteiger partial charge in [0.05, 0.1) is 40.6 Å². The number of nitrogens with zero attached hydrogens (tertiary/aromatic N) is 8. The van der Waals surface area contributed by atoms with E-state index in [-0.39, 0.29) is 66.1 Å². The molecule has 18 heteroatoms. The largest absolute Gasteiger partial charge is 0.404 e. The summed E-state index contributed by atoms with van der Waals surface area (Å²) in [4.78, 5) is 62.9. The van der Waals surface area contributed by atoms with Crippen molar-refractivity contribution in [3.63, 3.8) is 0 Å². The summed E-state index contributed by atoms with van der Waals surface area (Å²) in [7, 11) is 3.57. The average molecular weight is 764 g/mol. The number of aryl methyl sites for hydroxylation is 1. The van der Waals surface area contributed by atoms with Crippen LogP contribution in [0.3, 0.4) is 0 Å². The second-order valence-corrected chi connectivity index (χ2v) is 14.6. The highest BCUT2D eigenvalue weighted by molar-refractivity contribution is 6.24. The number of carbonyl (C=O) groups is 3. The number of nitrogens with one attached hydrogen (secondary N) is 2. The van der Waals surface area contributed by atoms with Crippen molar-refractivity contribution in [2.24, 2.45) is 18.7 Å². The van der Waals surface area contributed by atoms with Gasteiger partial charge in [-0.15, -0.1) is 0 Å². The standard InChI is InChI=1S/C37H44F3N11O4/c1-47(18-21-7-9-22(10-8-21)50-20-25(31(46-50)33(39)40)44-35(53)23(17-41)34-42-14-4-15-43-34)26-13-16-49(19-24(26)38)27-5-3-6-28-32(27)48(2)37(55)51(28)29-11-12-30(52)45-36(29)54/h3-6,14-15,17,20-22,24,26,29,33H,7-13,16,18-19,41H2,1-2H3,(H,44,53)(H,45,52,54)/b23-17+/t21?,22?,24-,26+,29?/m1/s1. The lowest BCUT2D eigenvalue weighted by Gasteiger charge is -2.42. The average Bonchev–Trinajstić information content (AvgIpc) is 3.70. The van der Waals surface area contributed by atoms with E-state index in [4.69, 9.17) is 5.73 Å². The highest BCUT2D eigenvalue weighted by Crippen LogP contribution is 2.37. The minimum Gasteiger partial charge on any atom is -0.404 e. The van der Waals surface area contributed by atoms with Crippen molar-refractivity contribution in [2.45, 2.75) is 75.7 Å². The van der Waals surface area contributed by atoms with Gasteiger partial charge in [0, 0.05) is 57.4 Å². The van der Waals surface area contributed by atoms with E-state index in [2.05, 4.69) is 30.6 Å². The van der Waals surface area contributed by atoms with Crippen LogP contribution in [-0.2, 0) is 21.4 Å². The van der Waals surface area contributed by atoms with Crippen molar-refractivity contribution in [1.82, 2.24) is 39.1 Å². The first-order valence-electron chi connectivity index (χ1n) is 18.5. The number of halogens is 3. The SMILES string of the molecule is CN(CC1CCC(n2cc(NC(=O)/C(=C/N)c3ncccn3)c(C(F)F)n2)CC1)[C@H]1CCN(c2cccc3c2n(C)c(=O)n3C2CCC(=O)NC2=O)C[C@H]1F. The molecule has 2 saturated heterocycles. The highest BCUT2D eigenvalue weighted by atomic mass is 19.3. The fourth-order valence-electron chi connectivity index (χ4n) is 8.37. The third-order valence-corrected chi connectivity index (χ3v) is 11.2. The molecular weight excluding hydrogens is 719 g/mol. The van der Waals surface area contributed by atoms with Crippen LogP contribution in [0.5, 0.6) is 0 Å². The van der Waals surface area contributed by atoms with Crippen molar-refractivity contribution >= 4 is 45.7 Å². The molecule has 7 rings (SSSR count). The van der Waals surface area contributed by atoms with E-state index in [9.17, 15) is 28.0 Å². The number of anilines is 2. The van der Waals surface area contributed by atoms with E-state index in [1.165, 1.54) is 32.4 Å². The van der Waals surface area contributed by atoms with E-state index in [0.29, 0.717) is 49.1 Å². The van der Waals surface area contributed by atoms with Crippen LogP contribution in [0.2, 0.25) is 0 Å². The Labute approximate surface area is 314 Å². The lowest BCUT2D eigenvalue weighted by atomic mass is 9.85. The molecule has 2 aliphatic heterocycles. The molecule has 0 bridgehead atoms. The molecule has 0 radical (unpaired) electrons. The Hall–Kier alpha value is -5.52. The van der Waals surface area contributed by atoms with Crippen LogP contribution in [0.4, 0.5) is 24.5 Å². The number of hydrogen-bond donors (Lipinski definition) is 3. The van der Waals surface area contributed by atoms with Gasteiger partial charge in [-0.25, -0.2) is 27.9 Å². The number of amides is 3. The molecule has 3 aromatic heterocycles. The van der Waals surface area contributed by atoms with Gasteiger partial charge in [0.1, 0.15) is 12.2 Å². The molecule has 3 fully saturated rings. The third-order valence-electron chi connectivity index (χ3n) is 11.2. The normalized spacial score (nSPS) is 23.8. The number of fused-ring (bicyclic) bond motifs is 1. The molecule has 1 saturated carbocycles. The molecule has 3 atom stereocenters. The predicted octanol–water partition coefficient (Wildman–Crippen LogP) is 3.46. The van der Waals surface area contributed by atoms with Gasteiger partial charge < -0.3 is 20.9 Å². The maximum atomic E-state index is 16.0. The quantitative estimate of drug-likeness (QED) is 0.160. The number of benzene rings is 1. The Kier molecular flexibility index (Phi) is 10.8. The molecule has 1 aromatic carbocycles. The number of piperidine rings is 2. The van der Waals surface area contributed by atoms with Gasteiger partial charge in [-0.2, -0.15) is 5.10 Å². The summed E-state index contributed by atoms with van der Waals surface area (Å²) in [6, 6.07) is 5.73. The molecule has 292 valence electrons. The third kappa shape index (κ3) is 7.46. The zero-order valence-electron chi connectivity index (χ0n) is 30.6. The summed E-state index contributed by atoms with van der Waals surface area (Å²) in [5.74, 6) is -1.27. The van der Waals surface area contributed by atoms with E-state index in [1.54, 1.807) is 25.2 Å². The summed E-state index contributed by atoms with van der Waals surface area (Å²) in [6.45, 7) is 1.37. The molecule has 1 unspecified atom stereocenters. The molecule has 1 aliphatic carbocycles. The van der Waals surface area contributed by atoms with Crippen LogP contribution < -0.4 is 27.0 Å². The molecule has 3 amide bonds. The van der Waals surface area contributed by atoms with Gasteiger partial charge in [0.15, 0.2) is 11.5 Å². The van der Waals surface area contributed by atoms with Crippen LogP contribution in [-0.4, -0.2) is 90.4 Å². The summed E-state index contributed by atoms with van der Waals surface area (Å²) in [6.07, 6.45) is 5.12. The summed E-state index contributed by atoms with van der Waals surface area (Å²) in [5.41, 5.74) is 6.44. The van der Waals surface area contributed by atoms with Gasteiger partial charge in [-0.1, -0.05) is 6.07 Å². The number of rotatable bonds is 10. The molecule has 3 aliphatic rings. The van der Waals surface area contributed by atoms with Gasteiger partial charge >= 0.3 is 5.69 Å². The fraction of sp³-hybridized carbons (Fsp3) is 0.486. The molecule has 4 N–H and O–H groups in total. The van der Waals surface area contributed by atoms with E-state index >= 15 is 4.39 Å². The van der Waals surface area contributed by atoms with Crippen LogP contribution >= 0.6 is 0 Å². The summed E-state index contributed by atoms with van der Waals surface area (Å²) in [5, 5.41) is 8.99. The zero-order valence-corrected chi connectivity index (χ0v) is 30.6. The van der Waals surface area contributed by atoms with Gasteiger partial charge in [0.25, 0.3) is 12.3 Å². The van der Waals surface area contributed by atoms with Crippen LogP contribution in [0.15, 0.2) is 53.9 Å². The number of para-hydroxylation sites is 1. The van der Waals surface area contributed by atoms with Gasteiger partial charge in [-0.3, -0.25) is 33.5 Å². The maximum absolute atomic E-state index is 16.0. The number of carbonyl (C=O) groups excluding carboxylic acids is 3. The lowest BCUT2D eigenvalue weighted by Crippen LogP contribution is -2.52.